The normalized spacial score (nSPS) is 21.3. The Labute approximate surface area is 185 Å². The van der Waals surface area contributed by atoms with Crippen molar-refractivity contribution < 1.29 is 22.7 Å². The molecule has 2 aromatic heterocycles. The number of nitrogens with zero attached hydrogens (tertiary/aromatic N) is 3. The molecular weight excluding hydrogens is 445 g/mol. The fraction of sp³-hybridized carbons (Fsp3) is 0.350. The molecule has 0 bridgehead atoms. The molecule has 4 rings (SSSR count). The van der Waals surface area contributed by atoms with Gasteiger partial charge in [-0.25, -0.2) is 18.2 Å². The van der Waals surface area contributed by atoms with Crippen LogP contribution in [0.25, 0.3) is 10.6 Å². The van der Waals surface area contributed by atoms with Crippen LogP contribution in [0.3, 0.4) is 0 Å². The van der Waals surface area contributed by atoms with Crippen LogP contribution < -0.4 is 16.8 Å². The molecule has 1 aromatic carbocycles. The fourth-order valence-electron chi connectivity index (χ4n) is 3.54. The first-order valence-electron chi connectivity index (χ1n) is 9.81. The van der Waals surface area contributed by atoms with E-state index in [1.54, 1.807) is 7.05 Å². The molecule has 8 nitrogen and oxygen atoms in total. The van der Waals surface area contributed by atoms with Crippen LogP contribution in [0.4, 0.5) is 23.9 Å². The SMILES string of the molecule is Cn1ncc(NC(=O)c2nc(-c3cccc(F)c3F)sc2N)c1[C@H]1CC[C@@H](N)[C@@H](F)CO1. The molecule has 3 aromatic rings. The third-order valence-corrected chi connectivity index (χ3v) is 6.19. The number of aryl methyl sites for hydroxylation is 1. The van der Waals surface area contributed by atoms with Crippen LogP contribution in [-0.4, -0.2) is 39.5 Å². The Hall–Kier alpha value is -2.96. The number of carbonyl (C=O) groups is 1. The maximum atomic E-state index is 14.1. The minimum atomic E-state index is -1.28. The number of hydrogen-bond donors (Lipinski definition) is 3. The Kier molecular flexibility index (Phi) is 6.17. The summed E-state index contributed by atoms with van der Waals surface area (Å²) in [6, 6.07) is 3.06. The number of nitrogens with one attached hydrogen (secondary N) is 1. The van der Waals surface area contributed by atoms with E-state index in [4.69, 9.17) is 16.2 Å². The van der Waals surface area contributed by atoms with Crippen molar-refractivity contribution in [3.8, 4) is 10.6 Å². The predicted octanol–water partition coefficient (Wildman–Crippen LogP) is 3.17. The number of benzene rings is 1. The zero-order valence-corrected chi connectivity index (χ0v) is 17.8. The minimum absolute atomic E-state index is 0.0450. The molecule has 0 radical (unpaired) electrons. The summed E-state index contributed by atoms with van der Waals surface area (Å²) in [4.78, 5) is 17.0. The monoisotopic (exact) mass is 466 g/mol. The highest BCUT2D eigenvalue weighted by molar-refractivity contribution is 7.19. The Morgan fingerprint density at radius 1 is 1.34 bits per heavy atom. The van der Waals surface area contributed by atoms with Gasteiger partial charge >= 0.3 is 0 Å². The molecule has 5 N–H and O–H groups in total. The molecule has 1 fully saturated rings. The average Bonchev–Trinajstić information content (AvgIpc) is 3.27. The highest BCUT2D eigenvalue weighted by Crippen LogP contribution is 2.35. The Bertz CT molecular complexity index is 1140. The van der Waals surface area contributed by atoms with E-state index in [1.165, 1.54) is 23.0 Å². The molecule has 1 aliphatic rings. The second-order valence-corrected chi connectivity index (χ2v) is 8.46. The van der Waals surface area contributed by atoms with Gasteiger partial charge in [-0.3, -0.25) is 9.48 Å². The van der Waals surface area contributed by atoms with Gasteiger partial charge in [-0.05, 0) is 25.0 Å². The van der Waals surface area contributed by atoms with Crippen molar-refractivity contribution in [2.24, 2.45) is 12.8 Å². The number of ether oxygens (including phenoxy) is 1. The van der Waals surface area contributed by atoms with Crippen molar-refractivity contribution in [2.75, 3.05) is 17.7 Å². The molecule has 1 aliphatic heterocycles. The quantitative estimate of drug-likeness (QED) is 0.543. The number of hydrogen-bond acceptors (Lipinski definition) is 7. The summed E-state index contributed by atoms with van der Waals surface area (Å²) in [7, 11) is 1.67. The van der Waals surface area contributed by atoms with Crippen molar-refractivity contribution in [2.45, 2.75) is 31.2 Å². The number of alkyl halides is 1. The van der Waals surface area contributed by atoms with E-state index in [0.717, 1.165) is 17.4 Å². The summed E-state index contributed by atoms with van der Waals surface area (Å²) >= 11 is 0.868. The van der Waals surface area contributed by atoms with E-state index in [1.807, 2.05) is 0 Å². The van der Waals surface area contributed by atoms with Crippen LogP contribution >= 0.6 is 11.3 Å². The van der Waals surface area contributed by atoms with E-state index < -0.39 is 35.9 Å². The lowest BCUT2D eigenvalue weighted by Crippen LogP contribution is -2.32. The molecule has 1 amide bonds. The lowest BCUT2D eigenvalue weighted by molar-refractivity contribution is 0.0247. The smallest absolute Gasteiger partial charge is 0.277 e. The van der Waals surface area contributed by atoms with Crippen LogP contribution in [0.1, 0.15) is 35.1 Å². The van der Waals surface area contributed by atoms with Crippen LogP contribution in [0.2, 0.25) is 0 Å². The number of amides is 1. The van der Waals surface area contributed by atoms with Gasteiger partial charge in [0.2, 0.25) is 0 Å². The Balaban J connectivity index is 1.58. The van der Waals surface area contributed by atoms with Gasteiger partial charge in [0.25, 0.3) is 5.91 Å². The summed E-state index contributed by atoms with van der Waals surface area (Å²) in [6.45, 7) is -0.161. The molecule has 0 spiro atoms. The second kappa shape index (κ2) is 8.88. The summed E-state index contributed by atoms with van der Waals surface area (Å²) < 4.78 is 48.8. The third-order valence-electron chi connectivity index (χ3n) is 5.27. The highest BCUT2D eigenvalue weighted by atomic mass is 32.1. The molecule has 0 aliphatic carbocycles. The second-order valence-electron chi connectivity index (χ2n) is 7.43. The van der Waals surface area contributed by atoms with Gasteiger partial charge in [0.1, 0.15) is 22.3 Å². The maximum absolute atomic E-state index is 14.1. The van der Waals surface area contributed by atoms with Crippen LogP contribution in [0.15, 0.2) is 24.4 Å². The van der Waals surface area contributed by atoms with Crippen molar-refractivity contribution in [3.05, 3.63) is 47.4 Å². The van der Waals surface area contributed by atoms with E-state index in [9.17, 15) is 18.0 Å². The first kappa shape index (κ1) is 22.2. The number of nitrogens with two attached hydrogens (primary N) is 2. The summed E-state index contributed by atoms with van der Waals surface area (Å²) in [6.07, 6.45) is 0.499. The zero-order valence-electron chi connectivity index (χ0n) is 17.0. The molecule has 12 heteroatoms. The highest BCUT2D eigenvalue weighted by Gasteiger charge is 2.30. The average molecular weight is 466 g/mol. The topological polar surface area (TPSA) is 121 Å². The van der Waals surface area contributed by atoms with E-state index in [2.05, 4.69) is 15.4 Å². The van der Waals surface area contributed by atoms with E-state index in [0.29, 0.717) is 24.2 Å². The molecule has 1 saturated heterocycles. The van der Waals surface area contributed by atoms with Gasteiger partial charge in [-0.1, -0.05) is 17.4 Å². The first-order chi connectivity index (χ1) is 15.3. The van der Waals surface area contributed by atoms with Gasteiger partial charge in [-0.2, -0.15) is 5.10 Å². The van der Waals surface area contributed by atoms with Crippen molar-refractivity contribution in [1.29, 1.82) is 0 Å². The largest absolute Gasteiger partial charge is 0.389 e. The number of rotatable bonds is 4. The van der Waals surface area contributed by atoms with Gasteiger partial charge in [-0.15, -0.1) is 0 Å². The van der Waals surface area contributed by atoms with Crippen LogP contribution in [0.5, 0.6) is 0 Å². The fourth-order valence-corrected chi connectivity index (χ4v) is 4.39. The van der Waals surface area contributed by atoms with Crippen LogP contribution in [-0.2, 0) is 11.8 Å². The van der Waals surface area contributed by atoms with Crippen molar-refractivity contribution >= 4 is 27.9 Å². The molecule has 32 heavy (non-hydrogen) atoms. The number of anilines is 2. The number of thiazole rings is 1. The Morgan fingerprint density at radius 2 is 2.12 bits per heavy atom. The van der Waals surface area contributed by atoms with E-state index in [-0.39, 0.29) is 27.9 Å². The number of halogens is 3. The van der Waals surface area contributed by atoms with Crippen molar-refractivity contribution in [1.82, 2.24) is 14.8 Å². The summed E-state index contributed by atoms with van der Waals surface area (Å²) in [5.41, 5.74) is 12.4. The Morgan fingerprint density at radius 3 is 2.91 bits per heavy atom. The van der Waals surface area contributed by atoms with E-state index >= 15 is 0 Å². The molecule has 0 unspecified atom stereocenters. The minimum Gasteiger partial charge on any atom is -0.389 e. The molecule has 3 heterocycles. The summed E-state index contributed by atoms with van der Waals surface area (Å²) in [5, 5.41) is 6.97. The predicted molar refractivity (Wildman–Crippen MR) is 114 cm³/mol. The third kappa shape index (κ3) is 4.20. The lowest BCUT2D eigenvalue weighted by Gasteiger charge is -2.17. The van der Waals surface area contributed by atoms with Crippen LogP contribution in [0, 0.1) is 11.6 Å². The summed E-state index contributed by atoms with van der Waals surface area (Å²) in [5.74, 6) is -2.75. The van der Waals surface area contributed by atoms with Gasteiger partial charge < -0.3 is 21.5 Å². The number of aromatic nitrogens is 3. The standard InChI is InChI=1S/C20H21F3N6O2S/c1-29-17(14-6-5-12(24)11(22)8-31-14)13(7-26-29)27-19(30)16-18(25)32-20(28-16)9-3-2-4-10(21)15(9)23/h2-4,7,11-12,14H,5-6,8,24-25H2,1H3,(H,27,30)/t11-,12+,14+/m0/s1. The first-order valence-corrected chi connectivity index (χ1v) is 10.6. The maximum Gasteiger partial charge on any atom is 0.277 e. The number of carbonyl (C=O) groups excluding carboxylic acids is 1. The molecule has 0 saturated carbocycles. The zero-order chi connectivity index (χ0) is 23.0. The number of nitrogen functional groups attached to an aromatic ring is 1. The molecule has 3 atom stereocenters. The van der Waals surface area contributed by atoms with Gasteiger partial charge in [0, 0.05) is 18.7 Å². The molecular formula is C20H21F3N6O2S. The lowest BCUT2D eigenvalue weighted by atomic mass is 10.0. The van der Waals surface area contributed by atoms with Gasteiger partial charge in [0.15, 0.2) is 17.3 Å². The van der Waals surface area contributed by atoms with Gasteiger partial charge in [0.05, 0.1) is 24.2 Å². The molecule has 170 valence electrons. The van der Waals surface area contributed by atoms with Crippen molar-refractivity contribution in [3.63, 3.8) is 0 Å².